The Morgan fingerprint density at radius 1 is 1.11 bits per heavy atom. The van der Waals surface area contributed by atoms with Crippen LogP contribution in [0.1, 0.15) is 44.4 Å². The number of nitrogens with one attached hydrogen (secondary N) is 1. The first-order valence-corrected chi connectivity index (χ1v) is 13.1. The van der Waals surface area contributed by atoms with E-state index in [9.17, 15) is 14.4 Å². The number of hydrogen-bond donors (Lipinski definition) is 1. The number of methoxy groups -OCH3 is 3. The Balaban J connectivity index is 1.73. The minimum Gasteiger partial charge on any atom is -0.497 e. The largest absolute Gasteiger partial charge is 0.497 e. The summed E-state index contributed by atoms with van der Waals surface area (Å²) in [7, 11) is 4.06. The monoisotopic (exact) mass is 560 g/mol. The van der Waals surface area contributed by atoms with Crippen LogP contribution < -0.4 is 14.8 Å². The van der Waals surface area contributed by atoms with Crippen molar-refractivity contribution in [2.24, 2.45) is 0 Å². The molecule has 1 aromatic carbocycles. The molecule has 38 heavy (non-hydrogen) atoms. The van der Waals surface area contributed by atoms with E-state index in [1.807, 2.05) is 11.5 Å². The molecule has 2 aromatic heterocycles. The molecular formula is C25H28N4O7S2. The standard InChI is InChI=1S/C25H28N4O7S2/c1-7-12-29-21(15(3)36-17-10-8-16(33-4)9-11-17)27-28-25(29)37-13-18(30)26-22-19(23(31)34-5)14(2)20(38-22)24(32)35-6/h7-11,15H,1,12-13H2,2-6H3,(H,26,30). The molecule has 2 heterocycles. The molecule has 0 radical (unpaired) electrons. The van der Waals surface area contributed by atoms with E-state index >= 15 is 0 Å². The minimum absolute atomic E-state index is 0.0336. The van der Waals surface area contributed by atoms with Crippen molar-refractivity contribution in [2.45, 2.75) is 31.7 Å². The van der Waals surface area contributed by atoms with Crippen LogP contribution in [0, 0.1) is 6.92 Å². The lowest BCUT2D eigenvalue weighted by Gasteiger charge is -2.16. The van der Waals surface area contributed by atoms with Crippen molar-refractivity contribution >= 4 is 45.9 Å². The molecule has 0 fully saturated rings. The summed E-state index contributed by atoms with van der Waals surface area (Å²) in [5, 5.41) is 11.9. The fourth-order valence-corrected chi connectivity index (χ4v) is 5.33. The van der Waals surface area contributed by atoms with Gasteiger partial charge in [-0.1, -0.05) is 17.8 Å². The van der Waals surface area contributed by atoms with Crippen molar-refractivity contribution < 1.29 is 33.3 Å². The molecule has 11 nitrogen and oxygen atoms in total. The Bertz CT molecular complexity index is 1320. The van der Waals surface area contributed by atoms with Gasteiger partial charge < -0.3 is 24.3 Å². The van der Waals surface area contributed by atoms with Crippen LogP contribution in [0.2, 0.25) is 0 Å². The number of nitrogens with zero attached hydrogens (tertiary/aromatic N) is 3. The number of rotatable bonds is 12. The summed E-state index contributed by atoms with van der Waals surface area (Å²) in [6, 6.07) is 7.19. The maximum absolute atomic E-state index is 12.8. The van der Waals surface area contributed by atoms with Gasteiger partial charge in [-0.05, 0) is 43.7 Å². The van der Waals surface area contributed by atoms with Gasteiger partial charge in [0.05, 0.1) is 32.6 Å². The van der Waals surface area contributed by atoms with Gasteiger partial charge in [-0.25, -0.2) is 9.59 Å². The van der Waals surface area contributed by atoms with Crippen molar-refractivity contribution in [1.82, 2.24) is 14.8 Å². The zero-order valence-corrected chi connectivity index (χ0v) is 23.2. The number of allylic oxidation sites excluding steroid dienone is 1. The van der Waals surface area contributed by atoms with Gasteiger partial charge in [-0.2, -0.15) is 0 Å². The van der Waals surface area contributed by atoms with E-state index in [1.54, 1.807) is 44.4 Å². The van der Waals surface area contributed by atoms with Gasteiger partial charge >= 0.3 is 11.9 Å². The molecule has 0 bridgehead atoms. The molecule has 0 spiro atoms. The van der Waals surface area contributed by atoms with Crippen LogP contribution in [0.5, 0.6) is 11.5 Å². The van der Waals surface area contributed by atoms with Crippen LogP contribution in [0.4, 0.5) is 5.00 Å². The van der Waals surface area contributed by atoms with Crippen molar-refractivity contribution in [2.75, 3.05) is 32.4 Å². The smallest absolute Gasteiger partial charge is 0.348 e. The third-order valence-electron chi connectivity index (χ3n) is 5.29. The summed E-state index contributed by atoms with van der Waals surface area (Å²) in [4.78, 5) is 37.4. The van der Waals surface area contributed by atoms with E-state index in [0.29, 0.717) is 28.8 Å². The number of hydrogen-bond acceptors (Lipinski definition) is 11. The summed E-state index contributed by atoms with van der Waals surface area (Å²) in [5.41, 5.74) is 0.482. The SMILES string of the molecule is C=CCn1c(SCC(=O)Nc2sc(C(=O)OC)c(C)c2C(=O)OC)nnc1C(C)Oc1ccc(OC)cc1. The van der Waals surface area contributed by atoms with Crippen LogP contribution in [-0.2, 0) is 20.8 Å². The number of aromatic nitrogens is 3. The van der Waals surface area contributed by atoms with Gasteiger partial charge in [0.25, 0.3) is 0 Å². The Morgan fingerprint density at radius 2 is 1.76 bits per heavy atom. The molecule has 3 aromatic rings. The van der Waals surface area contributed by atoms with Crippen LogP contribution in [0.3, 0.4) is 0 Å². The number of anilines is 1. The molecule has 0 saturated carbocycles. The van der Waals surface area contributed by atoms with Gasteiger partial charge in [0.1, 0.15) is 21.4 Å². The van der Waals surface area contributed by atoms with E-state index in [1.165, 1.54) is 14.2 Å². The molecule has 1 amide bonds. The molecule has 13 heteroatoms. The van der Waals surface area contributed by atoms with E-state index in [2.05, 4.69) is 22.1 Å². The topological polar surface area (TPSA) is 131 Å². The van der Waals surface area contributed by atoms with E-state index < -0.39 is 23.9 Å². The molecule has 0 saturated heterocycles. The first-order valence-electron chi connectivity index (χ1n) is 11.3. The van der Waals surface area contributed by atoms with Crippen molar-refractivity contribution in [1.29, 1.82) is 0 Å². The third-order valence-corrected chi connectivity index (χ3v) is 7.44. The summed E-state index contributed by atoms with van der Waals surface area (Å²) in [6.45, 7) is 7.64. The number of esters is 2. The Labute approximate surface area is 228 Å². The maximum Gasteiger partial charge on any atom is 0.348 e. The first kappa shape index (κ1) is 28.7. The van der Waals surface area contributed by atoms with Crippen molar-refractivity contribution in [3.63, 3.8) is 0 Å². The predicted molar refractivity (Wildman–Crippen MR) is 143 cm³/mol. The van der Waals surface area contributed by atoms with E-state index in [-0.39, 0.29) is 21.2 Å². The maximum atomic E-state index is 12.8. The molecule has 0 aliphatic carbocycles. The lowest BCUT2D eigenvalue weighted by atomic mass is 10.1. The summed E-state index contributed by atoms with van der Waals surface area (Å²) in [5.74, 6) is 0.201. The van der Waals surface area contributed by atoms with Gasteiger partial charge in [-0.15, -0.1) is 28.1 Å². The lowest BCUT2D eigenvalue weighted by Crippen LogP contribution is -2.17. The van der Waals surface area contributed by atoms with Crippen molar-refractivity contribution in [3.8, 4) is 11.5 Å². The van der Waals surface area contributed by atoms with Crippen molar-refractivity contribution in [3.05, 3.63) is 58.7 Å². The van der Waals surface area contributed by atoms with Crippen LogP contribution in [0.15, 0.2) is 42.1 Å². The molecular weight excluding hydrogens is 532 g/mol. The quantitative estimate of drug-likeness (QED) is 0.194. The molecule has 1 N–H and O–H groups in total. The molecule has 3 rings (SSSR count). The third kappa shape index (κ3) is 6.53. The molecule has 1 unspecified atom stereocenters. The highest BCUT2D eigenvalue weighted by atomic mass is 32.2. The molecule has 0 aliphatic heterocycles. The number of thiophene rings is 1. The summed E-state index contributed by atoms with van der Waals surface area (Å²) < 4.78 is 22.6. The van der Waals surface area contributed by atoms with Gasteiger partial charge in [-0.3, -0.25) is 9.36 Å². The number of carbonyl (C=O) groups is 3. The molecule has 202 valence electrons. The highest BCUT2D eigenvalue weighted by molar-refractivity contribution is 7.99. The van der Waals surface area contributed by atoms with Crippen LogP contribution >= 0.6 is 23.1 Å². The highest BCUT2D eigenvalue weighted by Gasteiger charge is 2.27. The minimum atomic E-state index is -0.668. The highest BCUT2D eigenvalue weighted by Crippen LogP contribution is 2.34. The summed E-state index contributed by atoms with van der Waals surface area (Å²) in [6.07, 6.45) is 1.26. The zero-order valence-electron chi connectivity index (χ0n) is 21.6. The van der Waals surface area contributed by atoms with Crippen LogP contribution in [-0.4, -0.2) is 59.7 Å². The summed E-state index contributed by atoms with van der Waals surface area (Å²) >= 11 is 2.11. The first-order chi connectivity index (χ1) is 18.2. The second-order valence-electron chi connectivity index (χ2n) is 7.76. The molecule has 0 aliphatic rings. The Kier molecular flexibility index (Phi) is 9.91. The fourth-order valence-electron chi connectivity index (χ4n) is 3.45. The van der Waals surface area contributed by atoms with E-state index in [0.717, 1.165) is 28.8 Å². The Hall–Kier alpha value is -3.84. The fraction of sp³-hybridized carbons (Fsp3) is 0.320. The predicted octanol–water partition coefficient (Wildman–Crippen LogP) is 4.29. The number of thioether (sulfide) groups is 1. The van der Waals surface area contributed by atoms with Gasteiger partial charge in [0.15, 0.2) is 17.1 Å². The zero-order chi connectivity index (χ0) is 27.8. The van der Waals surface area contributed by atoms with Gasteiger partial charge in [0, 0.05) is 6.54 Å². The number of benzene rings is 1. The van der Waals surface area contributed by atoms with Gasteiger partial charge in [0.2, 0.25) is 5.91 Å². The number of ether oxygens (including phenoxy) is 4. The Morgan fingerprint density at radius 3 is 2.37 bits per heavy atom. The second-order valence-corrected chi connectivity index (χ2v) is 9.72. The molecule has 1 atom stereocenters. The van der Waals surface area contributed by atoms with Crippen LogP contribution in [0.25, 0.3) is 0 Å². The average molecular weight is 561 g/mol. The van der Waals surface area contributed by atoms with E-state index in [4.69, 9.17) is 18.9 Å². The average Bonchev–Trinajstić information content (AvgIpc) is 3.47. The number of carbonyl (C=O) groups excluding carboxylic acids is 3. The lowest BCUT2D eigenvalue weighted by molar-refractivity contribution is -0.113. The number of amides is 1. The second kappa shape index (κ2) is 13.1. The normalized spacial score (nSPS) is 11.4.